The molecule has 1 atom stereocenters. The highest BCUT2D eigenvalue weighted by molar-refractivity contribution is 6.30. The van der Waals surface area contributed by atoms with Crippen molar-refractivity contribution in [3.8, 4) is 0 Å². The molecule has 25 heavy (non-hydrogen) atoms. The van der Waals surface area contributed by atoms with Crippen molar-refractivity contribution in [3.63, 3.8) is 0 Å². The van der Waals surface area contributed by atoms with E-state index in [0.717, 1.165) is 36.8 Å². The molecule has 1 saturated heterocycles. The zero-order chi connectivity index (χ0) is 17.8. The van der Waals surface area contributed by atoms with Gasteiger partial charge in [0.15, 0.2) is 0 Å². The van der Waals surface area contributed by atoms with E-state index in [4.69, 9.17) is 11.6 Å². The largest absolute Gasteiger partial charge is 0.337 e. The highest BCUT2D eigenvalue weighted by Crippen LogP contribution is 2.17. The van der Waals surface area contributed by atoms with E-state index < -0.39 is 0 Å². The fourth-order valence-electron chi connectivity index (χ4n) is 3.42. The zero-order valence-corrected chi connectivity index (χ0v) is 15.7. The Hall–Kier alpha value is -1.84. The van der Waals surface area contributed by atoms with Crippen molar-refractivity contribution in [2.45, 2.75) is 32.9 Å². The summed E-state index contributed by atoms with van der Waals surface area (Å²) in [5.74, 6) is 0.221. The van der Waals surface area contributed by atoms with Gasteiger partial charge < -0.3 is 4.90 Å². The number of amides is 1. The van der Waals surface area contributed by atoms with Crippen LogP contribution in [0.3, 0.4) is 0 Å². The summed E-state index contributed by atoms with van der Waals surface area (Å²) in [4.78, 5) is 17.1. The summed E-state index contributed by atoms with van der Waals surface area (Å²) in [7, 11) is 0. The Kier molecular flexibility index (Phi) is 5.77. The smallest absolute Gasteiger partial charge is 0.227 e. The second-order valence-corrected chi connectivity index (χ2v) is 7.40. The number of carbonyl (C=O) groups excluding carboxylic acids is 1. The maximum atomic E-state index is 12.7. The summed E-state index contributed by atoms with van der Waals surface area (Å²) in [6.07, 6.45) is 0.485. The van der Waals surface area contributed by atoms with Crippen LogP contribution in [-0.2, 0) is 17.8 Å². The van der Waals surface area contributed by atoms with Gasteiger partial charge in [-0.15, -0.1) is 0 Å². The molecule has 3 nitrogen and oxygen atoms in total. The lowest BCUT2D eigenvalue weighted by atomic mass is 10.1. The minimum Gasteiger partial charge on any atom is -0.337 e. The number of carbonyl (C=O) groups is 1. The molecule has 0 spiro atoms. The van der Waals surface area contributed by atoms with Crippen molar-refractivity contribution in [1.82, 2.24) is 9.80 Å². The maximum Gasteiger partial charge on any atom is 0.227 e. The van der Waals surface area contributed by atoms with Gasteiger partial charge in [-0.05, 0) is 37.1 Å². The molecule has 0 aliphatic carbocycles. The number of hydrogen-bond acceptors (Lipinski definition) is 2. The van der Waals surface area contributed by atoms with E-state index in [1.165, 1.54) is 11.1 Å². The van der Waals surface area contributed by atoms with Crippen LogP contribution < -0.4 is 0 Å². The first-order valence-corrected chi connectivity index (χ1v) is 9.21. The Labute approximate surface area is 155 Å². The lowest BCUT2D eigenvalue weighted by Crippen LogP contribution is -2.54. The topological polar surface area (TPSA) is 23.6 Å². The first kappa shape index (κ1) is 18.0. The van der Waals surface area contributed by atoms with Crippen LogP contribution in [0.15, 0.2) is 48.5 Å². The highest BCUT2D eigenvalue weighted by atomic mass is 35.5. The fraction of sp³-hybridized carbons (Fsp3) is 0.381. The zero-order valence-electron chi connectivity index (χ0n) is 14.9. The van der Waals surface area contributed by atoms with Gasteiger partial charge in [-0.25, -0.2) is 0 Å². The summed E-state index contributed by atoms with van der Waals surface area (Å²) in [6, 6.07) is 16.5. The van der Waals surface area contributed by atoms with Crippen molar-refractivity contribution in [1.29, 1.82) is 0 Å². The van der Waals surface area contributed by atoms with Gasteiger partial charge in [0.1, 0.15) is 0 Å². The quantitative estimate of drug-likeness (QED) is 0.828. The van der Waals surface area contributed by atoms with Crippen molar-refractivity contribution >= 4 is 17.5 Å². The van der Waals surface area contributed by atoms with E-state index in [2.05, 4.69) is 36.9 Å². The number of piperazine rings is 1. The number of hydrogen-bond donors (Lipinski definition) is 0. The number of benzene rings is 2. The molecule has 1 aliphatic rings. The van der Waals surface area contributed by atoms with Crippen molar-refractivity contribution in [2.75, 3.05) is 19.6 Å². The van der Waals surface area contributed by atoms with Crippen LogP contribution in [0.5, 0.6) is 0 Å². The van der Waals surface area contributed by atoms with Crippen LogP contribution in [0.2, 0.25) is 5.02 Å². The van der Waals surface area contributed by atoms with Gasteiger partial charge in [0, 0.05) is 37.2 Å². The number of aryl methyl sites for hydroxylation is 1. The third-order valence-corrected chi connectivity index (χ3v) is 5.04. The molecule has 0 bridgehead atoms. The van der Waals surface area contributed by atoms with E-state index in [0.29, 0.717) is 6.42 Å². The predicted molar refractivity (Wildman–Crippen MR) is 103 cm³/mol. The van der Waals surface area contributed by atoms with Gasteiger partial charge >= 0.3 is 0 Å². The first-order chi connectivity index (χ1) is 12.0. The molecule has 1 heterocycles. The monoisotopic (exact) mass is 356 g/mol. The Bertz CT molecular complexity index is 729. The van der Waals surface area contributed by atoms with Crippen LogP contribution in [0, 0.1) is 6.92 Å². The van der Waals surface area contributed by atoms with Crippen LogP contribution >= 0.6 is 11.6 Å². The van der Waals surface area contributed by atoms with Crippen molar-refractivity contribution in [2.24, 2.45) is 0 Å². The minimum absolute atomic E-state index is 0.221. The molecule has 2 aromatic carbocycles. The van der Waals surface area contributed by atoms with E-state index >= 15 is 0 Å². The summed E-state index contributed by atoms with van der Waals surface area (Å²) < 4.78 is 0. The summed E-state index contributed by atoms with van der Waals surface area (Å²) in [6.45, 7) is 7.66. The molecule has 0 aromatic heterocycles. The van der Waals surface area contributed by atoms with Gasteiger partial charge in [-0.1, -0.05) is 53.6 Å². The molecular formula is C21H25ClN2O. The average Bonchev–Trinajstić information content (AvgIpc) is 2.57. The van der Waals surface area contributed by atoms with Crippen molar-refractivity contribution < 1.29 is 4.79 Å². The second-order valence-electron chi connectivity index (χ2n) is 6.96. The van der Waals surface area contributed by atoms with Crippen LogP contribution in [0.4, 0.5) is 0 Å². The normalized spacial score (nSPS) is 18.4. The summed E-state index contributed by atoms with van der Waals surface area (Å²) in [5.41, 5.74) is 3.53. The Balaban J connectivity index is 1.55. The number of rotatable bonds is 4. The second kappa shape index (κ2) is 8.03. The minimum atomic E-state index is 0.221. The molecule has 1 amide bonds. The third kappa shape index (κ3) is 4.83. The predicted octanol–water partition coefficient (Wildman–Crippen LogP) is 3.92. The average molecular weight is 357 g/mol. The standard InChI is InChI=1S/C21H25ClN2O/c1-16-6-8-18(9-7-16)13-21(25)24-11-10-23(14-17(24)2)15-19-4-3-5-20(22)12-19/h3-9,12,17H,10-11,13-15H2,1-2H3/t17-/m0/s1. The molecule has 0 N–H and O–H groups in total. The van der Waals surface area contributed by atoms with Crippen LogP contribution in [-0.4, -0.2) is 41.4 Å². The van der Waals surface area contributed by atoms with Gasteiger partial charge in [-0.2, -0.15) is 0 Å². The van der Waals surface area contributed by atoms with Gasteiger partial charge in [0.05, 0.1) is 6.42 Å². The SMILES string of the molecule is Cc1ccc(CC(=O)N2CCN(Cc3cccc(Cl)c3)C[C@@H]2C)cc1. The summed E-state index contributed by atoms with van der Waals surface area (Å²) in [5, 5.41) is 0.775. The Morgan fingerprint density at radius 1 is 1.12 bits per heavy atom. The summed E-state index contributed by atoms with van der Waals surface area (Å²) >= 11 is 6.07. The maximum absolute atomic E-state index is 12.7. The van der Waals surface area contributed by atoms with Gasteiger partial charge in [0.2, 0.25) is 5.91 Å². The molecular weight excluding hydrogens is 332 g/mol. The molecule has 1 fully saturated rings. The molecule has 4 heteroatoms. The van der Waals surface area contributed by atoms with Gasteiger partial charge in [-0.3, -0.25) is 9.69 Å². The van der Waals surface area contributed by atoms with Crippen molar-refractivity contribution in [3.05, 3.63) is 70.2 Å². The lowest BCUT2D eigenvalue weighted by Gasteiger charge is -2.40. The fourth-order valence-corrected chi connectivity index (χ4v) is 3.64. The number of nitrogens with zero attached hydrogens (tertiary/aromatic N) is 2. The van der Waals surface area contributed by atoms with Crippen LogP contribution in [0.1, 0.15) is 23.6 Å². The van der Waals surface area contributed by atoms with E-state index in [1.807, 2.05) is 35.2 Å². The molecule has 132 valence electrons. The van der Waals surface area contributed by atoms with E-state index in [1.54, 1.807) is 0 Å². The molecule has 1 aliphatic heterocycles. The number of halogens is 1. The van der Waals surface area contributed by atoms with Crippen LogP contribution in [0.25, 0.3) is 0 Å². The molecule has 3 rings (SSSR count). The molecule has 0 radical (unpaired) electrons. The van der Waals surface area contributed by atoms with E-state index in [-0.39, 0.29) is 11.9 Å². The lowest BCUT2D eigenvalue weighted by molar-refractivity contribution is -0.135. The Morgan fingerprint density at radius 2 is 1.88 bits per heavy atom. The molecule has 0 saturated carbocycles. The van der Waals surface area contributed by atoms with Gasteiger partial charge in [0.25, 0.3) is 0 Å². The highest BCUT2D eigenvalue weighted by Gasteiger charge is 2.27. The Morgan fingerprint density at radius 3 is 2.56 bits per heavy atom. The van der Waals surface area contributed by atoms with E-state index in [9.17, 15) is 4.79 Å². The molecule has 2 aromatic rings. The molecule has 0 unspecified atom stereocenters. The third-order valence-electron chi connectivity index (χ3n) is 4.80. The first-order valence-electron chi connectivity index (χ1n) is 8.83.